The number of ketones is 1. The Morgan fingerprint density at radius 3 is 2.80 bits per heavy atom. The van der Waals surface area contributed by atoms with Crippen molar-refractivity contribution in [3.8, 4) is 0 Å². The van der Waals surface area contributed by atoms with Crippen LogP contribution in [0.5, 0.6) is 0 Å². The third-order valence-corrected chi connectivity index (χ3v) is 4.44. The largest absolute Gasteiger partial charge is 0.328 e. The van der Waals surface area contributed by atoms with Crippen LogP contribution in [0.2, 0.25) is 0 Å². The fraction of sp³-hybridized carbons (Fsp3) is 0.533. The van der Waals surface area contributed by atoms with Crippen molar-refractivity contribution in [1.29, 1.82) is 0 Å². The van der Waals surface area contributed by atoms with Crippen LogP contribution in [0.15, 0.2) is 12.1 Å². The van der Waals surface area contributed by atoms with Gasteiger partial charge in [-0.2, -0.15) is 0 Å². The van der Waals surface area contributed by atoms with E-state index in [2.05, 4.69) is 0 Å². The Morgan fingerprint density at radius 1 is 1.40 bits per heavy atom. The van der Waals surface area contributed by atoms with Gasteiger partial charge in [-0.1, -0.05) is 0 Å². The molecule has 1 fully saturated rings. The molecule has 1 unspecified atom stereocenters. The minimum absolute atomic E-state index is 0.0666. The number of carbonyl (C=O) groups is 1. The van der Waals surface area contributed by atoms with Crippen molar-refractivity contribution < 1.29 is 9.53 Å². The summed E-state index contributed by atoms with van der Waals surface area (Å²) >= 11 is 6.24. The van der Waals surface area contributed by atoms with Gasteiger partial charge in [-0.05, 0) is 67.5 Å². The van der Waals surface area contributed by atoms with E-state index in [0.29, 0.717) is 13.2 Å². The van der Waals surface area contributed by atoms with Crippen LogP contribution in [-0.2, 0) is 17.6 Å². The molecule has 108 valence electrons. The van der Waals surface area contributed by atoms with Gasteiger partial charge in [-0.25, -0.2) is 0 Å². The van der Waals surface area contributed by atoms with Crippen molar-refractivity contribution in [2.45, 2.75) is 37.9 Å². The van der Waals surface area contributed by atoms with Crippen LogP contribution in [0.25, 0.3) is 0 Å². The molecule has 1 aromatic carbocycles. The van der Waals surface area contributed by atoms with E-state index in [9.17, 15) is 4.79 Å². The predicted octanol–water partition coefficient (Wildman–Crippen LogP) is 2.41. The van der Waals surface area contributed by atoms with Crippen LogP contribution >= 0.6 is 11.6 Å². The number of benzene rings is 1. The average molecular weight is 295 g/mol. The monoisotopic (exact) mass is 294 g/mol. The first-order chi connectivity index (χ1) is 9.49. The second-order valence-electron chi connectivity index (χ2n) is 5.51. The first kappa shape index (κ1) is 13.9. The van der Waals surface area contributed by atoms with E-state index in [-0.39, 0.29) is 5.78 Å². The molecule has 1 aromatic rings. The van der Waals surface area contributed by atoms with E-state index in [1.165, 1.54) is 17.5 Å². The average Bonchev–Trinajstić information content (AvgIpc) is 2.77. The highest BCUT2D eigenvalue weighted by molar-refractivity contribution is 6.24. The Labute approximate surface area is 123 Å². The molecule has 4 nitrogen and oxygen atoms in total. The Hall–Kier alpha value is -1.10. The van der Waals surface area contributed by atoms with Crippen LogP contribution in [0.1, 0.15) is 41.3 Å². The third kappa shape index (κ3) is 2.32. The summed E-state index contributed by atoms with van der Waals surface area (Å²) in [4.78, 5) is 13.6. The first-order valence-electron chi connectivity index (χ1n) is 7.05. The zero-order valence-electron chi connectivity index (χ0n) is 11.6. The van der Waals surface area contributed by atoms with Crippen LogP contribution in [0.3, 0.4) is 0 Å². The van der Waals surface area contributed by atoms with E-state index < -0.39 is 5.31 Å². The molecule has 5 heteroatoms. The van der Waals surface area contributed by atoms with Gasteiger partial charge in [0.2, 0.25) is 0 Å². The molecule has 1 atom stereocenters. The molecule has 0 saturated carbocycles. The molecule has 1 saturated heterocycles. The number of nitrogens with zero attached hydrogens (tertiary/aromatic N) is 1. The topological polar surface area (TPSA) is 55.6 Å². The van der Waals surface area contributed by atoms with Crippen molar-refractivity contribution in [2.24, 2.45) is 5.73 Å². The maximum Gasteiger partial charge on any atom is 0.278 e. The molecule has 1 heterocycles. The number of fused-ring (bicyclic) bond motifs is 1. The molecule has 0 aromatic heterocycles. The molecule has 20 heavy (non-hydrogen) atoms. The van der Waals surface area contributed by atoms with Crippen molar-refractivity contribution >= 4 is 23.1 Å². The molecule has 0 bridgehead atoms. The SMILES string of the molecule is CC(=O)c1cc2c(c(N3CCOC3(N)Cl)c1)CCCC2. The molecule has 2 N–H and O–H groups in total. The maximum absolute atomic E-state index is 11.7. The zero-order valence-corrected chi connectivity index (χ0v) is 12.4. The summed E-state index contributed by atoms with van der Waals surface area (Å²) in [5, 5.41) is -1.30. The number of carbonyl (C=O) groups excluding carboxylic acids is 1. The Bertz CT molecular complexity index is 557. The fourth-order valence-electron chi connectivity index (χ4n) is 3.08. The van der Waals surface area contributed by atoms with Crippen molar-refractivity contribution in [3.63, 3.8) is 0 Å². The summed E-state index contributed by atoms with van der Waals surface area (Å²) < 4.78 is 5.38. The van der Waals surface area contributed by atoms with Gasteiger partial charge in [0.05, 0.1) is 6.61 Å². The summed E-state index contributed by atoms with van der Waals surface area (Å²) in [5.74, 6) is 0.0666. The Kier molecular flexibility index (Phi) is 3.48. The number of alkyl halides is 1. The minimum Gasteiger partial charge on any atom is -0.328 e. The minimum atomic E-state index is -1.30. The molecular formula is C15H19ClN2O2. The standard InChI is InChI=1S/C15H19ClN2O2/c1-10(19)12-8-11-4-2-3-5-13(11)14(9-12)18-6-7-20-15(18,16)17/h8-9H,2-7,17H2,1H3. The van der Waals surface area contributed by atoms with Crippen molar-refractivity contribution in [1.82, 2.24) is 0 Å². The highest BCUT2D eigenvalue weighted by Crippen LogP contribution is 2.37. The quantitative estimate of drug-likeness (QED) is 0.517. The lowest BCUT2D eigenvalue weighted by Crippen LogP contribution is -2.48. The molecule has 3 rings (SSSR count). The summed E-state index contributed by atoms with van der Waals surface area (Å²) in [7, 11) is 0. The number of aryl methyl sites for hydroxylation is 1. The van der Waals surface area contributed by atoms with E-state index in [0.717, 1.165) is 30.5 Å². The maximum atomic E-state index is 11.7. The summed E-state index contributed by atoms with van der Waals surface area (Å²) in [6, 6.07) is 3.93. The van der Waals surface area contributed by atoms with Gasteiger partial charge in [0.25, 0.3) is 5.31 Å². The predicted molar refractivity (Wildman–Crippen MR) is 79.2 cm³/mol. The highest BCUT2D eigenvalue weighted by atomic mass is 35.5. The number of halogens is 1. The molecule has 0 radical (unpaired) electrons. The third-order valence-electron chi connectivity index (χ3n) is 4.13. The van der Waals surface area contributed by atoms with Crippen LogP contribution < -0.4 is 10.6 Å². The highest BCUT2D eigenvalue weighted by Gasteiger charge is 2.38. The number of rotatable bonds is 2. The molecule has 2 aliphatic rings. The van der Waals surface area contributed by atoms with Gasteiger partial charge in [0, 0.05) is 17.8 Å². The van der Waals surface area contributed by atoms with Crippen LogP contribution in [0.4, 0.5) is 5.69 Å². The smallest absolute Gasteiger partial charge is 0.278 e. The number of ether oxygens (including phenoxy) is 1. The Balaban J connectivity index is 2.13. The Morgan fingerprint density at radius 2 is 2.15 bits per heavy atom. The lowest BCUT2D eigenvalue weighted by Gasteiger charge is -2.33. The molecule has 1 aliphatic heterocycles. The van der Waals surface area contributed by atoms with Gasteiger partial charge in [0.1, 0.15) is 0 Å². The molecule has 0 spiro atoms. The number of anilines is 1. The summed E-state index contributed by atoms with van der Waals surface area (Å²) in [6.45, 7) is 2.73. The van der Waals surface area contributed by atoms with Gasteiger partial charge in [-0.3, -0.25) is 10.5 Å². The van der Waals surface area contributed by atoms with Gasteiger partial charge < -0.3 is 9.64 Å². The second kappa shape index (κ2) is 5.02. The molecular weight excluding hydrogens is 276 g/mol. The number of nitrogens with two attached hydrogens (primary N) is 1. The lowest BCUT2D eigenvalue weighted by molar-refractivity contribution is 0.0822. The summed E-state index contributed by atoms with van der Waals surface area (Å²) in [5.41, 5.74) is 10.2. The van der Waals surface area contributed by atoms with E-state index in [1.807, 2.05) is 17.0 Å². The first-order valence-corrected chi connectivity index (χ1v) is 7.43. The van der Waals surface area contributed by atoms with Gasteiger partial charge in [-0.15, -0.1) is 0 Å². The fourth-order valence-corrected chi connectivity index (χ4v) is 3.34. The molecule has 0 amide bonds. The normalized spacial score (nSPS) is 25.6. The van der Waals surface area contributed by atoms with Crippen LogP contribution in [0, 0.1) is 0 Å². The zero-order chi connectivity index (χ0) is 14.3. The van der Waals surface area contributed by atoms with Crippen molar-refractivity contribution in [2.75, 3.05) is 18.1 Å². The summed E-state index contributed by atoms with van der Waals surface area (Å²) in [6.07, 6.45) is 4.34. The van der Waals surface area contributed by atoms with Gasteiger partial charge in [0.15, 0.2) is 5.78 Å². The second-order valence-corrected chi connectivity index (χ2v) is 6.05. The number of Topliss-reactive ketones (excluding diaryl/α,β-unsaturated/α-hetero) is 1. The van der Waals surface area contributed by atoms with Gasteiger partial charge >= 0.3 is 0 Å². The van der Waals surface area contributed by atoms with E-state index in [1.54, 1.807) is 6.92 Å². The van der Waals surface area contributed by atoms with Crippen LogP contribution in [-0.4, -0.2) is 24.2 Å². The number of hydrogen-bond acceptors (Lipinski definition) is 4. The molecule has 1 aliphatic carbocycles. The van der Waals surface area contributed by atoms with E-state index >= 15 is 0 Å². The lowest BCUT2D eigenvalue weighted by atomic mass is 9.88. The van der Waals surface area contributed by atoms with Crippen molar-refractivity contribution in [3.05, 3.63) is 28.8 Å². The number of hydrogen-bond donors (Lipinski definition) is 1. The van der Waals surface area contributed by atoms with E-state index in [4.69, 9.17) is 22.1 Å².